The second-order valence-electron chi connectivity index (χ2n) is 6.00. The monoisotopic (exact) mass is 313 g/mol. The number of hydrogen-bond donors (Lipinski definition) is 1. The van der Waals surface area contributed by atoms with E-state index in [1.807, 2.05) is 0 Å². The van der Waals surface area contributed by atoms with Crippen LogP contribution in [0.4, 0.5) is 0 Å². The highest BCUT2D eigenvalue weighted by atomic mass is 32.1. The Balaban J connectivity index is 1.80. The van der Waals surface area contributed by atoms with Crippen molar-refractivity contribution >= 4 is 11.3 Å². The fourth-order valence-corrected chi connectivity index (χ4v) is 3.35. The summed E-state index contributed by atoms with van der Waals surface area (Å²) in [6.45, 7) is 9.02. The maximum Gasteiger partial charge on any atom is 0.107 e. The first kappa shape index (κ1) is 16.8. The molecule has 2 atom stereocenters. The fraction of sp³-hybridized carbons (Fsp3) is 0.800. The lowest BCUT2D eigenvalue weighted by molar-refractivity contribution is -0.00461. The van der Waals surface area contributed by atoms with Gasteiger partial charge in [-0.3, -0.25) is 4.90 Å². The fourth-order valence-electron chi connectivity index (χ4n) is 2.60. The number of ether oxygens (including phenoxy) is 2. The molecule has 1 aliphatic rings. The zero-order valence-electron chi connectivity index (χ0n) is 13.5. The van der Waals surface area contributed by atoms with Crippen LogP contribution in [0.15, 0.2) is 5.38 Å². The van der Waals surface area contributed by atoms with Gasteiger partial charge in [0.25, 0.3) is 0 Å². The van der Waals surface area contributed by atoms with Gasteiger partial charge in [0.2, 0.25) is 0 Å². The number of methoxy groups -OCH3 is 2. The second kappa shape index (κ2) is 8.19. The smallest absolute Gasteiger partial charge is 0.107 e. The molecule has 5 nitrogen and oxygen atoms in total. The SMILES string of the molecule is COC1CN(Cc2csc(CNCC(C)C)n2)CC1OC. The van der Waals surface area contributed by atoms with E-state index >= 15 is 0 Å². The maximum atomic E-state index is 5.47. The minimum absolute atomic E-state index is 0.167. The Morgan fingerprint density at radius 1 is 1.33 bits per heavy atom. The van der Waals surface area contributed by atoms with Crippen LogP contribution < -0.4 is 5.32 Å². The molecule has 0 saturated carbocycles. The molecule has 2 unspecified atom stereocenters. The third-order valence-electron chi connectivity index (χ3n) is 3.71. The van der Waals surface area contributed by atoms with Gasteiger partial charge >= 0.3 is 0 Å². The molecule has 1 aliphatic heterocycles. The predicted molar refractivity (Wildman–Crippen MR) is 85.5 cm³/mol. The Morgan fingerprint density at radius 2 is 2.00 bits per heavy atom. The highest BCUT2D eigenvalue weighted by Crippen LogP contribution is 2.19. The van der Waals surface area contributed by atoms with Crippen molar-refractivity contribution in [3.05, 3.63) is 16.1 Å². The number of nitrogens with one attached hydrogen (secondary N) is 1. The van der Waals surface area contributed by atoms with Gasteiger partial charge in [0, 0.05) is 45.8 Å². The van der Waals surface area contributed by atoms with Gasteiger partial charge in [-0.05, 0) is 12.5 Å². The van der Waals surface area contributed by atoms with Gasteiger partial charge < -0.3 is 14.8 Å². The lowest BCUT2D eigenvalue weighted by Gasteiger charge is -2.13. The van der Waals surface area contributed by atoms with Crippen molar-refractivity contribution in [1.29, 1.82) is 0 Å². The summed E-state index contributed by atoms with van der Waals surface area (Å²) >= 11 is 1.73. The molecule has 1 fully saturated rings. The van der Waals surface area contributed by atoms with Crippen LogP contribution >= 0.6 is 11.3 Å². The van der Waals surface area contributed by atoms with Gasteiger partial charge in [-0.1, -0.05) is 13.8 Å². The summed E-state index contributed by atoms with van der Waals surface area (Å²) in [5, 5.41) is 6.76. The van der Waals surface area contributed by atoms with E-state index in [4.69, 9.17) is 14.5 Å². The standard InChI is InChI=1S/C15H27N3O2S/c1-11(2)5-16-6-15-17-12(10-21-15)7-18-8-13(19-3)14(9-18)20-4/h10-11,13-14,16H,5-9H2,1-4H3. The van der Waals surface area contributed by atoms with Crippen molar-refractivity contribution in [3.63, 3.8) is 0 Å². The summed E-state index contributed by atoms with van der Waals surface area (Å²) in [5.74, 6) is 0.672. The second-order valence-corrected chi connectivity index (χ2v) is 6.94. The molecule has 6 heteroatoms. The predicted octanol–water partition coefficient (Wildman–Crippen LogP) is 1.73. The van der Waals surface area contributed by atoms with E-state index in [-0.39, 0.29) is 12.2 Å². The van der Waals surface area contributed by atoms with Gasteiger partial charge in [-0.2, -0.15) is 0 Å². The molecule has 1 saturated heterocycles. The minimum atomic E-state index is 0.167. The minimum Gasteiger partial charge on any atom is -0.377 e. The number of hydrogen-bond acceptors (Lipinski definition) is 6. The normalized spacial score (nSPS) is 23.3. The summed E-state index contributed by atoms with van der Waals surface area (Å²) in [4.78, 5) is 7.05. The van der Waals surface area contributed by atoms with E-state index in [1.165, 1.54) is 0 Å². The third kappa shape index (κ3) is 5.00. The molecule has 1 aromatic heterocycles. The van der Waals surface area contributed by atoms with Crippen molar-refractivity contribution in [3.8, 4) is 0 Å². The van der Waals surface area contributed by atoms with Crippen LogP contribution in [0.2, 0.25) is 0 Å². The van der Waals surface area contributed by atoms with E-state index in [0.29, 0.717) is 5.92 Å². The largest absolute Gasteiger partial charge is 0.377 e. The van der Waals surface area contributed by atoms with Crippen LogP contribution in [0.25, 0.3) is 0 Å². The van der Waals surface area contributed by atoms with E-state index in [0.717, 1.165) is 43.4 Å². The van der Waals surface area contributed by atoms with Gasteiger partial charge in [0.1, 0.15) is 5.01 Å². The average molecular weight is 313 g/mol. The number of aromatic nitrogens is 1. The molecule has 1 N–H and O–H groups in total. The molecule has 2 rings (SSSR count). The quantitative estimate of drug-likeness (QED) is 0.792. The van der Waals surface area contributed by atoms with E-state index in [2.05, 4.69) is 29.4 Å². The molecule has 120 valence electrons. The van der Waals surface area contributed by atoms with Crippen LogP contribution in [-0.2, 0) is 22.6 Å². The maximum absolute atomic E-state index is 5.47. The van der Waals surface area contributed by atoms with Crippen molar-refractivity contribution in [2.75, 3.05) is 33.9 Å². The molecule has 0 radical (unpaired) electrons. The molecule has 0 spiro atoms. The number of thiazole rings is 1. The molecule has 0 bridgehead atoms. The Kier molecular flexibility index (Phi) is 6.57. The summed E-state index contributed by atoms with van der Waals surface area (Å²) < 4.78 is 10.9. The summed E-state index contributed by atoms with van der Waals surface area (Å²) in [6, 6.07) is 0. The first-order valence-electron chi connectivity index (χ1n) is 7.54. The molecular formula is C15H27N3O2S. The van der Waals surface area contributed by atoms with Crippen LogP contribution in [0.1, 0.15) is 24.5 Å². The van der Waals surface area contributed by atoms with Gasteiger partial charge in [-0.25, -0.2) is 4.98 Å². The molecule has 2 heterocycles. The van der Waals surface area contributed by atoms with E-state index in [9.17, 15) is 0 Å². The average Bonchev–Trinajstić information content (AvgIpc) is 3.05. The van der Waals surface area contributed by atoms with Crippen molar-refractivity contribution in [2.24, 2.45) is 5.92 Å². The molecule has 0 amide bonds. The molecular weight excluding hydrogens is 286 g/mol. The zero-order valence-corrected chi connectivity index (χ0v) is 14.3. The summed E-state index contributed by atoms with van der Waals surface area (Å²) in [7, 11) is 3.50. The van der Waals surface area contributed by atoms with Crippen molar-refractivity contribution < 1.29 is 9.47 Å². The van der Waals surface area contributed by atoms with Gasteiger partial charge in [-0.15, -0.1) is 11.3 Å². The first-order valence-corrected chi connectivity index (χ1v) is 8.42. The van der Waals surface area contributed by atoms with Crippen LogP contribution in [-0.4, -0.2) is 55.9 Å². The Morgan fingerprint density at radius 3 is 2.57 bits per heavy atom. The van der Waals surface area contributed by atoms with E-state index in [1.54, 1.807) is 25.6 Å². The molecule has 1 aromatic rings. The Hall–Kier alpha value is -0.530. The number of rotatable bonds is 8. The highest BCUT2D eigenvalue weighted by molar-refractivity contribution is 7.09. The lowest BCUT2D eigenvalue weighted by Crippen LogP contribution is -2.27. The molecule has 0 aromatic carbocycles. The lowest BCUT2D eigenvalue weighted by atomic mass is 10.2. The topological polar surface area (TPSA) is 46.6 Å². The number of nitrogens with zero attached hydrogens (tertiary/aromatic N) is 2. The summed E-state index contributed by atoms with van der Waals surface area (Å²) in [5.41, 5.74) is 1.15. The number of likely N-dealkylation sites (tertiary alicyclic amines) is 1. The van der Waals surface area contributed by atoms with Gasteiger partial charge in [0.15, 0.2) is 0 Å². The Labute approximate surface area is 131 Å². The van der Waals surface area contributed by atoms with Crippen molar-refractivity contribution in [1.82, 2.24) is 15.2 Å². The van der Waals surface area contributed by atoms with Crippen molar-refractivity contribution in [2.45, 2.75) is 39.1 Å². The Bertz CT molecular complexity index is 413. The van der Waals surface area contributed by atoms with E-state index < -0.39 is 0 Å². The van der Waals surface area contributed by atoms with Gasteiger partial charge in [0.05, 0.1) is 17.9 Å². The van der Waals surface area contributed by atoms with Crippen LogP contribution in [0.3, 0.4) is 0 Å². The van der Waals surface area contributed by atoms with Crippen LogP contribution in [0.5, 0.6) is 0 Å². The highest BCUT2D eigenvalue weighted by Gasteiger charge is 2.32. The first-order chi connectivity index (χ1) is 10.1. The third-order valence-corrected chi connectivity index (χ3v) is 4.61. The molecule has 21 heavy (non-hydrogen) atoms. The zero-order chi connectivity index (χ0) is 15.2. The summed E-state index contributed by atoms with van der Waals surface area (Å²) in [6.07, 6.45) is 0.335. The molecule has 0 aliphatic carbocycles. The van der Waals surface area contributed by atoms with Crippen LogP contribution in [0, 0.1) is 5.92 Å².